The van der Waals surface area contributed by atoms with Crippen LogP contribution in [0, 0.1) is 0 Å². The lowest BCUT2D eigenvalue weighted by molar-refractivity contribution is -0.0440. The average molecular weight is 316 g/mol. The normalized spacial score (nSPS) is 24.3. The molecule has 120 valence electrons. The number of rotatable bonds is 6. The van der Waals surface area contributed by atoms with Gasteiger partial charge in [-0.2, -0.15) is 9.40 Å². The fraction of sp³-hybridized carbons (Fsp3) is 0.769. The number of aromatic nitrogens is 2. The van der Waals surface area contributed by atoms with Crippen LogP contribution in [0.4, 0.5) is 0 Å². The second-order valence-electron chi connectivity index (χ2n) is 5.37. The van der Waals surface area contributed by atoms with Crippen LogP contribution in [-0.2, 0) is 21.3 Å². The molecule has 0 amide bonds. The second kappa shape index (κ2) is 6.87. The summed E-state index contributed by atoms with van der Waals surface area (Å²) in [6.45, 7) is 8.87. The Bertz CT molecular complexity index is 548. The number of hydrogen-bond acceptors (Lipinski definition) is 5. The molecule has 1 fully saturated rings. The highest BCUT2D eigenvalue weighted by molar-refractivity contribution is 7.89. The summed E-state index contributed by atoms with van der Waals surface area (Å²) in [7, 11) is -3.49. The highest BCUT2D eigenvalue weighted by atomic mass is 32.2. The van der Waals surface area contributed by atoms with Crippen molar-refractivity contribution in [3.8, 4) is 0 Å². The zero-order chi connectivity index (χ0) is 15.5. The van der Waals surface area contributed by atoms with Gasteiger partial charge in [-0.05, 0) is 20.4 Å². The Labute approximate surface area is 126 Å². The van der Waals surface area contributed by atoms with Crippen LogP contribution in [0.25, 0.3) is 0 Å². The van der Waals surface area contributed by atoms with Gasteiger partial charge in [-0.25, -0.2) is 8.42 Å². The molecule has 0 spiro atoms. The lowest BCUT2D eigenvalue weighted by atomic mass is 10.3. The van der Waals surface area contributed by atoms with E-state index in [4.69, 9.17) is 4.74 Å². The van der Waals surface area contributed by atoms with Crippen molar-refractivity contribution in [2.24, 2.45) is 0 Å². The summed E-state index contributed by atoms with van der Waals surface area (Å²) < 4.78 is 34.0. The van der Waals surface area contributed by atoms with Crippen LogP contribution < -0.4 is 5.32 Å². The molecule has 0 unspecified atom stereocenters. The summed E-state index contributed by atoms with van der Waals surface area (Å²) in [4.78, 5) is 0.250. The van der Waals surface area contributed by atoms with Crippen LogP contribution in [0.15, 0.2) is 17.3 Å². The molecule has 0 radical (unpaired) electrons. The predicted octanol–water partition coefficient (Wildman–Crippen LogP) is 0.291. The first-order valence-corrected chi connectivity index (χ1v) is 8.76. The van der Waals surface area contributed by atoms with Crippen LogP contribution in [0.1, 0.15) is 20.8 Å². The van der Waals surface area contributed by atoms with Crippen molar-refractivity contribution < 1.29 is 13.2 Å². The third kappa shape index (κ3) is 4.03. The van der Waals surface area contributed by atoms with Crippen molar-refractivity contribution >= 4 is 10.0 Å². The van der Waals surface area contributed by atoms with Crippen molar-refractivity contribution in [1.29, 1.82) is 0 Å². The highest BCUT2D eigenvalue weighted by Gasteiger charge is 2.32. The predicted molar refractivity (Wildman–Crippen MR) is 79.5 cm³/mol. The highest BCUT2D eigenvalue weighted by Crippen LogP contribution is 2.20. The Morgan fingerprint density at radius 1 is 1.38 bits per heavy atom. The molecule has 0 aliphatic carbocycles. The van der Waals surface area contributed by atoms with Gasteiger partial charge in [0, 0.05) is 25.8 Å². The third-order valence-corrected chi connectivity index (χ3v) is 5.19. The minimum atomic E-state index is -3.49. The second-order valence-corrected chi connectivity index (χ2v) is 7.31. The van der Waals surface area contributed by atoms with Crippen LogP contribution in [0.3, 0.4) is 0 Å². The zero-order valence-corrected chi connectivity index (χ0v) is 13.6. The van der Waals surface area contributed by atoms with Gasteiger partial charge in [0.1, 0.15) is 4.90 Å². The van der Waals surface area contributed by atoms with Gasteiger partial charge < -0.3 is 10.1 Å². The number of nitrogens with one attached hydrogen (secondary N) is 1. The lowest BCUT2D eigenvalue weighted by Gasteiger charge is -2.34. The molecular formula is C13H24N4O3S. The largest absolute Gasteiger partial charge is 0.373 e. The Kier molecular flexibility index (Phi) is 5.37. The van der Waals surface area contributed by atoms with Crippen LogP contribution in [-0.4, -0.2) is 60.9 Å². The first kappa shape index (κ1) is 16.4. The number of morpholine rings is 1. The van der Waals surface area contributed by atoms with E-state index >= 15 is 0 Å². The summed E-state index contributed by atoms with van der Waals surface area (Å²) in [5.41, 5.74) is 0. The summed E-state index contributed by atoms with van der Waals surface area (Å²) >= 11 is 0. The molecule has 21 heavy (non-hydrogen) atoms. The smallest absolute Gasteiger partial charge is 0.246 e. The lowest BCUT2D eigenvalue weighted by Crippen LogP contribution is -2.48. The topological polar surface area (TPSA) is 76.5 Å². The molecule has 2 atom stereocenters. The molecule has 2 heterocycles. The molecule has 1 N–H and O–H groups in total. The van der Waals surface area contributed by atoms with E-state index < -0.39 is 10.0 Å². The monoisotopic (exact) mass is 316 g/mol. The van der Waals surface area contributed by atoms with Crippen LogP contribution in [0.5, 0.6) is 0 Å². The molecule has 1 aromatic rings. The summed E-state index contributed by atoms with van der Waals surface area (Å²) in [5, 5.41) is 7.31. The molecule has 1 aromatic heterocycles. The number of nitrogens with zero attached hydrogens (tertiary/aromatic N) is 3. The fourth-order valence-electron chi connectivity index (χ4n) is 2.45. The summed E-state index contributed by atoms with van der Waals surface area (Å²) in [6.07, 6.45) is 2.84. The maximum absolute atomic E-state index is 12.6. The average Bonchev–Trinajstić information content (AvgIpc) is 2.87. The fourth-order valence-corrected chi connectivity index (χ4v) is 3.99. The van der Waals surface area contributed by atoms with Gasteiger partial charge in [-0.1, -0.05) is 6.92 Å². The summed E-state index contributed by atoms with van der Waals surface area (Å²) in [5.74, 6) is 0. The van der Waals surface area contributed by atoms with E-state index in [0.29, 0.717) is 19.6 Å². The van der Waals surface area contributed by atoms with E-state index in [1.807, 2.05) is 20.8 Å². The molecule has 0 bridgehead atoms. The molecule has 1 aliphatic heterocycles. The molecule has 0 aromatic carbocycles. The van der Waals surface area contributed by atoms with E-state index in [9.17, 15) is 8.42 Å². The Morgan fingerprint density at radius 3 is 2.67 bits per heavy atom. The molecular weight excluding hydrogens is 292 g/mol. The molecule has 1 aliphatic rings. The standard InChI is InChI=1S/C13H24N4O3S/c1-4-14-5-6-16-10-13(7-15-16)21(18,19)17-8-11(2)20-12(3)9-17/h7,10-12,14H,4-6,8-9H2,1-3H3/t11-,12+. The molecule has 7 nitrogen and oxygen atoms in total. The van der Waals surface area contributed by atoms with E-state index in [0.717, 1.165) is 13.1 Å². The van der Waals surface area contributed by atoms with E-state index in [-0.39, 0.29) is 17.1 Å². The maximum Gasteiger partial charge on any atom is 0.246 e. The maximum atomic E-state index is 12.6. The molecule has 1 saturated heterocycles. The Balaban J connectivity index is 2.08. The van der Waals surface area contributed by atoms with Gasteiger partial charge in [0.25, 0.3) is 0 Å². The Morgan fingerprint density at radius 2 is 2.05 bits per heavy atom. The third-order valence-electron chi connectivity index (χ3n) is 3.40. The van der Waals surface area contributed by atoms with Gasteiger partial charge >= 0.3 is 0 Å². The van der Waals surface area contributed by atoms with Crippen molar-refractivity contribution in [3.63, 3.8) is 0 Å². The molecule has 0 saturated carbocycles. The van der Waals surface area contributed by atoms with E-state index in [1.165, 1.54) is 10.5 Å². The number of sulfonamides is 1. The first-order valence-electron chi connectivity index (χ1n) is 7.32. The minimum Gasteiger partial charge on any atom is -0.373 e. The Hall–Kier alpha value is -0.960. The first-order chi connectivity index (χ1) is 9.93. The van der Waals surface area contributed by atoms with E-state index in [2.05, 4.69) is 10.4 Å². The zero-order valence-electron chi connectivity index (χ0n) is 12.8. The SMILES string of the molecule is CCNCCn1cc(S(=O)(=O)N2C[C@@H](C)O[C@@H](C)C2)cn1. The number of ether oxygens (including phenoxy) is 1. The van der Waals surface area contributed by atoms with Crippen molar-refractivity contribution in [3.05, 3.63) is 12.4 Å². The van der Waals surface area contributed by atoms with Gasteiger partial charge in [-0.3, -0.25) is 4.68 Å². The van der Waals surface area contributed by atoms with Crippen LogP contribution in [0.2, 0.25) is 0 Å². The molecule has 8 heteroatoms. The van der Waals surface area contributed by atoms with E-state index in [1.54, 1.807) is 10.9 Å². The number of likely N-dealkylation sites (N-methyl/N-ethyl adjacent to an activating group) is 1. The van der Waals surface area contributed by atoms with Gasteiger partial charge in [0.15, 0.2) is 0 Å². The van der Waals surface area contributed by atoms with Gasteiger partial charge in [-0.15, -0.1) is 0 Å². The van der Waals surface area contributed by atoms with Crippen molar-refractivity contribution in [1.82, 2.24) is 19.4 Å². The van der Waals surface area contributed by atoms with Gasteiger partial charge in [0.05, 0.1) is 24.9 Å². The van der Waals surface area contributed by atoms with Crippen LogP contribution >= 0.6 is 0 Å². The van der Waals surface area contributed by atoms with Gasteiger partial charge in [0.2, 0.25) is 10.0 Å². The molecule has 2 rings (SSSR count). The van der Waals surface area contributed by atoms with Crippen molar-refractivity contribution in [2.75, 3.05) is 26.2 Å². The van der Waals surface area contributed by atoms with Crippen molar-refractivity contribution in [2.45, 2.75) is 44.4 Å². The number of hydrogen-bond donors (Lipinski definition) is 1. The summed E-state index contributed by atoms with van der Waals surface area (Å²) in [6, 6.07) is 0. The minimum absolute atomic E-state index is 0.0904. The quantitative estimate of drug-likeness (QED) is 0.764.